The van der Waals surface area contributed by atoms with Gasteiger partial charge in [-0.3, -0.25) is 9.48 Å². The van der Waals surface area contributed by atoms with Crippen LogP contribution in [0.15, 0.2) is 30.5 Å². The summed E-state index contributed by atoms with van der Waals surface area (Å²) in [5, 5.41) is 4.03. The number of carbonyl (C=O) groups excluding carboxylic acids is 1. The highest BCUT2D eigenvalue weighted by Gasteiger charge is 2.11. The quantitative estimate of drug-likeness (QED) is 0.765. The number of rotatable bonds is 3. The van der Waals surface area contributed by atoms with Gasteiger partial charge in [-0.05, 0) is 18.2 Å². The fourth-order valence-corrected chi connectivity index (χ4v) is 1.54. The van der Waals surface area contributed by atoms with Crippen molar-refractivity contribution in [2.75, 3.05) is 0 Å². The Hall–Kier alpha value is -2.04. The summed E-state index contributed by atoms with van der Waals surface area (Å²) in [5.41, 5.74) is 0.593. The minimum absolute atomic E-state index is 0.0214. The number of aromatic nitrogens is 2. The first kappa shape index (κ1) is 11.4. The number of halogens is 2. The number of ketones is 1. The van der Waals surface area contributed by atoms with Gasteiger partial charge in [0.15, 0.2) is 5.78 Å². The number of carbonyl (C=O) groups is 1. The van der Waals surface area contributed by atoms with Crippen LogP contribution in [0.25, 0.3) is 0 Å². The number of hydrogen-bond donors (Lipinski definition) is 0. The number of benzene rings is 1. The van der Waals surface area contributed by atoms with Gasteiger partial charge in [0.25, 0.3) is 0 Å². The standard InChI is InChI=1S/C12H10F2N2O/c1-16-3-2-11(15-16)7-12(17)8-4-9(13)6-10(14)5-8/h2-6H,7H2,1H3. The van der Waals surface area contributed by atoms with Crippen molar-refractivity contribution >= 4 is 5.78 Å². The van der Waals surface area contributed by atoms with Crippen LogP contribution >= 0.6 is 0 Å². The summed E-state index contributed by atoms with van der Waals surface area (Å²) in [7, 11) is 1.73. The van der Waals surface area contributed by atoms with E-state index in [1.807, 2.05) is 0 Å². The van der Waals surface area contributed by atoms with E-state index in [1.54, 1.807) is 24.0 Å². The van der Waals surface area contributed by atoms with Crippen molar-refractivity contribution in [2.45, 2.75) is 6.42 Å². The van der Waals surface area contributed by atoms with Crippen molar-refractivity contribution in [1.29, 1.82) is 0 Å². The SMILES string of the molecule is Cn1ccc(CC(=O)c2cc(F)cc(F)c2)n1. The van der Waals surface area contributed by atoms with Crippen LogP contribution in [-0.4, -0.2) is 15.6 Å². The zero-order valence-electron chi connectivity index (χ0n) is 9.15. The second kappa shape index (κ2) is 4.45. The second-order valence-corrected chi connectivity index (χ2v) is 3.74. The molecule has 0 amide bonds. The summed E-state index contributed by atoms with van der Waals surface area (Å²) >= 11 is 0. The molecule has 88 valence electrons. The lowest BCUT2D eigenvalue weighted by Gasteiger charge is -2.00. The average Bonchev–Trinajstić information content (AvgIpc) is 2.62. The van der Waals surface area contributed by atoms with E-state index in [2.05, 4.69) is 5.10 Å². The van der Waals surface area contributed by atoms with Gasteiger partial charge in [-0.25, -0.2) is 8.78 Å². The van der Waals surface area contributed by atoms with Gasteiger partial charge < -0.3 is 0 Å². The normalized spacial score (nSPS) is 10.5. The van der Waals surface area contributed by atoms with Crippen LogP contribution in [0.1, 0.15) is 16.1 Å². The third kappa shape index (κ3) is 2.75. The molecule has 0 saturated heterocycles. The molecule has 2 aromatic rings. The van der Waals surface area contributed by atoms with Crippen molar-refractivity contribution in [3.63, 3.8) is 0 Å². The van der Waals surface area contributed by atoms with E-state index in [4.69, 9.17) is 0 Å². The van der Waals surface area contributed by atoms with Crippen molar-refractivity contribution < 1.29 is 13.6 Å². The van der Waals surface area contributed by atoms with Gasteiger partial charge in [-0.2, -0.15) is 5.10 Å². The van der Waals surface area contributed by atoms with Crippen molar-refractivity contribution in [1.82, 2.24) is 9.78 Å². The highest BCUT2D eigenvalue weighted by molar-refractivity contribution is 5.97. The van der Waals surface area contributed by atoms with Crippen molar-refractivity contribution in [3.8, 4) is 0 Å². The molecular formula is C12H10F2N2O. The van der Waals surface area contributed by atoms with E-state index < -0.39 is 11.6 Å². The maximum atomic E-state index is 12.9. The number of nitrogens with zero attached hydrogens (tertiary/aromatic N) is 2. The van der Waals surface area contributed by atoms with Gasteiger partial charge >= 0.3 is 0 Å². The van der Waals surface area contributed by atoms with E-state index in [1.165, 1.54) is 0 Å². The molecule has 0 bridgehead atoms. The Bertz CT molecular complexity index is 543. The number of hydrogen-bond acceptors (Lipinski definition) is 2. The predicted octanol–water partition coefficient (Wildman–Crippen LogP) is 2.12. The molecule has 0 spiro atoms. The molecule has 0 aliphatic carbocycles. The summed E-state index contributed by atoms with van der Waals surface area (Å²) in [6.45, 7) is 0. The Morgan fingerprint density at radius 3 is 2.47 bits per heavy atom. The molecule has 0 saturated carbocycles. The van der Waals surface area contributed by atoms with E-state index in [0.717, 1.165) is 18.2 Å². The predicted molar refractivity (Wildman–Crippen MR) is 57.6 cm³/mol. The first-order valence-electron chi connectivity index (χ1n) is 5.02. The molecule has 3 nitrogen and oxygen atoms in total. The molecule has 0 atom stereocenters. The minimum Gasteiger partial charge on any atom is -0.294 e. The Kier molecular flexibility index (Phi) is 2.99. The van der Waals surface area contributed by atoms with Gasteiger partial charge in [0.05, 0.1) is 12.1 Å². The molecule has 0 unspecified atom stereocenters. The Morgan fingerprint density at radius 1 is 1.29 bits per heavy atom. The lowest BCUT2D eigenvalue weighted by molar-refractivity contribution is 0.0991. The average molecular weight is 236 g/mol. The lowest BCUT2D eigenvalue weighted by atomic mass is 10.1. The first-order valence-corrected chi connectivity index (χ1v) is 5.02. The summed E-state index contributed by atoms with van der Waals surface area (Å²) in [5.74, 6) is -1.87. The Labute approximate surface area is 96.7 Å². The number of aryl methyl sites for hydroxylation is 1. The fraction of sp³-hybridized carbons (Fsp3) is 0.167. The number of Topliss-reactive ketones (excluding diaryl/α,β-unsaturated/α-hetero) is 1. The van der Waals surface area contributed by atoms with Gasteiger partial charge in [0, 0.05) is 24.9 Å². The molecule has 0 N–H and O–H groups in total. The van der Waals surface area contributed by atoms with Crippen LogP contribution in [0.2, 0.25) is 0 Å². The minimum atomic E-state index is -0.755. The van der Waals surface area contributed by atoms with E-state index in [0.29, 0.717) is 5.69 Å². The van der Waals surface area contributed by atoms with Gasteiger partial charge in [0.2, 0.25) is 0 Å². The zero-order chi connectivity index (χ0) is 12.4. The molecule has 5 heteroatoms. The molecule has 1 heterocycles. The molecular weight excluding hydrogens is 226 g/mol. The maximum absolute atomic E-state index is 12.9. The maximum Gasteiger partial charge on any atom is 0.169 e. The Balaban J connectivity index is 2.19. The van der Waals surface area contributed by atoms with Crippen LogP contribution in [0.4, 0.5) is 8.78 Å². The summed E-state index contributed by atoms with van der Waals surface area (Å²) in [6.07, 6.45) is 1.73. The summed E-state index contributed by atoms with van der Waals surface area (Å²) in [4.78, 5) is 11.7. The van der Waals surface area contributed by atoms with Gasteiger partial charge in [0.1, 0.15) is 11.6 Å². The molecule has 1 aromatic heterocycles. The summed E-state index contributed by atoms with van der Waals surface area (Å²) < 4.78 is 27.4. The third-order valence-electron chi connectivity index (χ3n) is 2.30. The Morgan fingerprint density at radius 2 is 1.94 bits per heavy atom. The molecule has 0 aliphatic heterocycles. The van der Waals surface area contributed by atoms with Crippen LogP contribution in [-0.2, 0) is 13.5 Å². The largest absolute Gasteiger partial charge is 0.294 e. The molecule has 17 heavy (non-hydrogen) atoms. The molecule has 1 aromatic carbocycles. The highest BCUT2D eigenvalue weighted by Crippen LogP contribution is 2.11. The van der Waals surface area contributed by atoms with E-state index in [-0.39, 0.29) is 17.8 Å². The van der Waals surface area contributed by atoms with Crippen LogP contribution in [0, 0.1) is 11.6 Å². The van der Waals surface area contributed by atoms with Crippen molar-refractivity contribution in [2.24, 2.45) is 7.05 Å². The topological polar surface area (TPSA) is 34.9 Å². The summed E-state index contributed by atoms with van der Waals surface area (Å²) in [6, 6.07) is 4.47. The zero-order valence-corrected chi connectivity index (χ0v) is 9.15. The smallest absolute Gasteiger partial charge is 0.169 e. The first-order chi connectivity index (χ1) is 8.04. The van der Waals surface area contributed by atoms with Crippen LogP contribution < -0.4 is 0 Å². The monoisotopic (exact) mass is 236 g/mol. The molecule has 0 fully saturated rings. The molecule has 2 rings (SSSR count). The fourth-order valence-electron chi connectivity index (χ4n) is 1.54. The highest BCUT2D eigenvalue weighted by atomic mass is 19.1. The molecule has 0 radical (unpaired) electrons. The van der Waals surface area contributed by atoms with E-state index >= 15 is 0 Å². The third-order valence-corrected chi connectivity index (χ3v) is 2.30. The molecule has 0 aliphatic rings. The lowest BCUT2D eigenvalue weighted by Crippen LogP contribution is -2.05. The van der Waals surface area contributed by atoms with E-state index in [9.17, 15) is 13.6 Å². The van der Waals surface area contributed by atoms with Crippen molar-refractivity contribution in [3.05, 3.63) is 53.4 Å². The van der Waals surface area contributed by atoms with Gasteiger partial charge in [-0.1, -0.05) is 0 Å². The van der Waals surface area contributed by atoms with Crippen LogP contribution in [0.5, 0.6) is 0 Å². The van der Waals surface area contributed by atoms with Gasteiger partial charge in [-0.15, -0.1) is 0 Å². The second-order valence-electron chi connectivity index (χ2n) is 3.74. The van der Waals surface area contributed by atoms with Crippen LogP contribution in [0.3, 0.4) is 0 Å².